The first kappa shape index (κ1) is 9.68. The largest absolute Gasteiger partial charge is 0.333 e. The highest BCUT2D eigenvalue weighted by molar-refractivity contribution is 9.10. The standard InChI is InChI=1S/C10H11BrN2O/c1-13-9(5-12)8-4-6(11)2-3-7(8)10(13)14/h2-4,9H,5,12H2,1H3. The minimum atomic E-state index is 0.0231. The van der Waals surface area contributed by atoms with E-state index in [-0.39, 0.29) is 11.9 Å². The summed E-state index contributed by atoms with van der Waals surface area (Å²) in [4.78, 5) is 13.4. The second-order valence-corrected chi connectivity index (χ2v) is 4.31. The van der Waals surface area contributed by atoms with E-state index < -0.39 is 0 Å². The molecule has 1 heterocycles. The predicted octanol–water partition coefficient (Wildman–Crippen LogP) is 1.53. The van der Waals surface area contributed by atoms with E-state index in [4.69, 9.17) is 5.73 Å². The van der Waals surface area contributed by atoms with Crippen LogP contribution in [0, 0.1) is 0 Å². The molecule has 1 atom stereocenters. The topological polar surface area (TPSA) is 46.3 Å². The summed E-state index contributed by atoms with van der Waals surface area (Å²) in [6.45, 7) is 0.464. The molecule has 3 nitrogen and oxygen atoms in total. The highest BCUT2D eigenvalue weighted by Gasteiger charge is 2.32. The fourth-order valence-electron chi connectivity index (χ4n) is 1.83. The van der Waals surface area contributed by atoms with Crippen LogP contribution in [-0.2, 0) is 0 Å². The van der Waals surface area contributed by atoms with Crippen LogP contribution in [0.5, 0.6) is 0 Å². The third kappa shape index (κ3) is 1.26. The third-order valence-corrected chi connectivity index (χ3v) is 3.11. The van der Waals surface area contributed by atoms with Gasteiger partial charge in [0.05, 0.1) is 6.04 Å². The Kier molecular flexibility index (Phi) is 2.33. The molecule has 0 saturated heterocycles. The molecule has 74 valence electrons. The summed E-state index contributed by atoms with van der Waals surface area (Å²) in [5, 5.41) is 0. The number of nitrogens with zero attached hydrogens (tertiary/aromatic N) is 1. The summed E-state index contributed by atoms with van der Waals surface area (Å²) in [5.74, 6) is 0.0583. The number of amides is 1. The average molecular weight is 255 g/mol. The first-order valence-corrected chi connectivity index (χ1v) is 5.21. The molecule has 1 unspecified atom stereocenters. The second-order valence-electron chi connectivity index (χ2n) is 3.40. The smallest absolute Gasteiger partial charge is 0.254 e. The number of benzene rings is 1. The van der Waals surface area contributed by atoms with E-state index in [0.29, 0.717) is 6.54 Å². The molecule has 1 aliphatic rings. The average Bonchev–Trinajstić information content (AvgIpc) is 2.39. The molecule has 14 heavy (non-hydrogen) atoms. The van der Waals surface area contributed by atoms with Crippen molar-refractivity contribution in [3.05, 3.63) is 33.8 Å². The first-order chi connectivity index (χ1) is 6.65. The molecule has 0 bridgehead atoms. The van der Waals surface area contributed by atoms with Crippen LogP contribution in [0.4, 0.5) is 0 Å². The van der Waals surface area contributed by atoms with Gasteiger partial charge in [0, 0.05) is 23.6 Å². The molecule has 0 fully saturated rings. The van der Waals surface area contributed by atoms with Gasteiger partial charge in [-0.15, -0.1) is 0 Å². The Bertz CT molecular complexity index is 392. The quantitative estimate of drug-likeness (QED) is 0.827. The van der Waals surface area contributed by atoms with Crippen LogP contribution in [0.25, 0.3) is 0 Å². The molecule has 0 saturated carbocycles. The Balaban J connectivity index is 2.56. The van der Waals surface area contributed by atoms with Crippen molar-refractivity contribution in [2.45, 2.75) is 6.04 Å². The maximum absolute atomic E-state index is 11.7. The van der Waals surface area contributed by atoms with Crippen LogP contribution in [0.3, 0.4) is 0 Å². The van der Waals surface area contributed by atoms with Crippen molar-refractivity contribution in [1.29, 1.82) is 0 Å². The second kappa shape index (κ2) is 3.37. The molecule has 2 N–H and O–H groups in total. The number of halogens is 1. The lowest BCUT2D eigenvalue weighted by Crippen LogP contribution is -2.28. The Labute approximate surface area is 91.0 Å². The number of carbonyl (C=O) groups is 1. The Morgan fingerprint density at radius 1 is 1.57 bits per heavy atom. The maximum atomic E-state index is 11.7. The van der Waals surface area contributed by atoms with Crippen LogP contribution >= 0.6 is 15.9 Å². The monoisotopic (exact) mass is 254 g/mol. The molecular weight excluding hydrogens is 244 g/mol. The molecular formula is C10H11BrN2O. The number of hydrogen-bond donors (Lipinski definition) is 1. The Morgan fingerprint density at radius 3 is 2.93 bits per heavy atom. The van der Waals surface area contributed by atoms with E-state index in [9.17, 15) is 4.79 Å². The number of fused-ring (bicyclic) bond motifs is 1. The van der Waals surface area contributed by atoms with Crippen molar-refractivity contribution in [2.75, 3.05) is 13.6 Å². The van der Waals surface area contributed by atoms with Crippen LogP contribution in [0.1, 0.15) is 22.0 Å². The third-order valence-electron chi connectivity index (χ3n) is 2.61. The van der Waals surface area contributed by atoms with E-state index in [0.717, 1.165) is 15.6 Å². The molecule has 1 aliphatic heterocycles. The van der Waals surface area contributed by atoms with Crippen molar-refractivity contribution >= 4 is 21.8 Å². The molecule has 0 radical (unpaired) electrons. The van der Waals surface area contributed by atoms with E-state index in [1.54, 1.807) is 11.9 Å². The normalized spacial score (nSPS) is 20.1. The van der Waals surface area contributed by atoms with Gasteiger partial charge in [-0.1, -0.05) is 15.9 Å². The van der Waals surface area contributed by atoms with Gasteiger partial charge in [-0.2, -0.15) is 0 Å². The summed E-state index contributed by atoms with van der Waals surface area (Å²) in [7, 11) is 1.79. The van der Waals surface area contributed by atoms with Crippen LogP contribution in [0.2, 0.25) is 0 Å². The lowest BCUT2D eigenvalue weighted by atomic mass is 10.1. The summed E-state index contributed by atoms with van der Waals surface area (Å²) in [5.41, 5.74) is 7.43. The highest BCUT2D eigenvalue weighted by Crippen LogP contribution is 2.33. The summed E-state index contributed by atoms with van der Waals surface area (Å²) < 4.78 is 0.984. The molecule has 1 aromatic carbocycles. The van der Waals surface area contributed by atoms with Gasteiger partial charge in [-0.05, 0) is 23.8 Å². The van der Waals surface area contributed by atoms with Gasteiger partial charge in [-0.25, -0.2) is 0 Å². The van der Waals surface area contributed by atoms with E-state index in [1.807, 2.05) is 18.2 Å². The van der Waals surface area contributed by atoms with E-state index in [2.05, 4.69) is 15.9 Å². The number of carbonyl (C=O) groups excluding carboxylic acids is 1. The summed E-state index contributed by atoms with van der Waals surface area (Å²) in [6.07, 6.45) is 0. The Morgan fingerprint density at radius 2 is 2.29 bits per heavy atom. The van der Waals surface area contributed by atoms with Gasteiger partial charge < -0.3 is 10.6 Å². The minimum Gasteiger partial charge on any atom is -0.333 e. The molecule has 4 heteroatoms. The van der Waals surface area contributed by atoms with Crippen LogP contribution in [0.15, 0.2) is 22.7 Å². The highest BCUT2D eigenvalue weighted by atomic mass is 79.9. The van der Waals surface area contributed by atoms with Gasteiger partial charge in [0.15, 0.2) is 0 Å². The Hall–Kier alpha value is -0.870. The number of rotatable bonds is 1. The van der Waals surface area contributed by atoms with Crippen LogP contribution < -0.4 is 5.73 Å². The summed E-state index contributed by atoms with van der Waals surface area (Å²) in [6, 6.07) is 5.71. The molecule has 1 amide bonds. The molecule has 0 spiro atoms. The maximum Gasteiger partial charge on any atom is 0.254 e. The lowest BCUT2D eigenvalue weighted by Gasteiger charge is -2.18. The summed E-state index contributed by atoms with van der Waals surface area (Å²) >= 11 is 3.39. The van der Waals surface area contributed by atoms with Gasteiger partial charge in [-0.3, -0.25) is 4.79 Å². The molecule has 0 aromatic heterocycles. The zero-order valence-corrected chi connectivity index (χ0v) is 9.41. The number of hydrogen-bond acceptors (Lipinski definition) is 2. The fourth-order valence-corrected chi connectivity index (χ4v) is 2.21. The zero-order valence-electron chi connectivity index (χ0n) is 7.83. The minimum absolute atomic E-state index is 0.0231. The van der Waals surface area contributed by atoms with Crippen molar-refractivity contribution in [3.63, 3.8) is 0 Å². The number of likely N-dealkylation sites (N-methyl/N-ethyl adjacent to an activating group) is 1. The van der Waals surface area contributed by atoms with Gasteiger partial charge in [0.2, 0.25) is 0 Å². The molecule has 0 aliphatic carbocycles. The van der Waals surface area contributed by atoms with Crippen molar-refractivity contribution in [1.82, 2.24) is 4.90 Å². The lowest BCUT2D eigenvalue weighted by molar-refractivity contribution is 0.0778. The van der Waals surface area contributed by atoms with Gasteiger partial charge >= 0.3 is 0 Å². The van der Waals surface area contributed by atoms with Crippen molar-refractivity contribution in [2.24, 2.45) is 5.73 Å². The number of nitrogens with two attached hydrogens (primary N) is 1. The van der Waals surface area contributed by atoms with Crippen molar-refractivity contribution < 1.29 is 4.79 Å². The van der Waals surface area contributed by atoms with E-state index in [1.165, 1.54) is 0 Å². The van der Waals surface area contributed by atoms with Crippen LogP contribution in [-0.4, -0.2) is 24.4 Å². The fraction of sp³-hybridized carbons (Fsp3) is 0.300. The first-order valence-electron chi connectivity index (χ1n) is 4.42. The molecule has 2 rings (SSSR count). The zero-order chi connectivity index (χ0) is 10.3. The SMILES string of the molecule is CN1C(=O)c2ccc(Br)cc2C1CN. The van der Waals surface area contributed by atoms with Gasteiger partial charge in [0.25, 0.3) is 5.91 Å². The predicted molar refractivity (Wildman–Crippen MR) is 58.0 cm³/mol. The molecule has 1 aromatic rings. The van der Waals surface area contributed by atoms with E-state index >= 15 is 0 Å². The van der Waals surface area contributed by atoms with Crippen molar-refractivity contribution in [3.8, 4) is 0 Å². The van der Waals surface area contributed by atoms with Gasteiger partial charge in [0.1, 0.15) is 0 Å².